The van der Waals surface area contributed by atoms with Gasteiger partial charge in [-0.25, -0.2) is 8.42 Å². The Morgan fingerprint density at radius 2 is 1.78 bits per heavy atom. The van der Waals surface area contributed by atoms with Gasteiger partial charge in [0, 0.05) is 0 Å². The first-order valence-electron chi connectivity index (χ1n) is 7.43. The Morgan fingerprint density at radius 1 is 1.04 bits per heavy atom. The largest absolute Gasteiger partial charge is 0.496 e. The van der Waals surface area contributed by atoms with Crippen LogP contribution >= 0.6 is 0 Å². The summed E-state index contributed by atoms with van der Waals surface area (Å²) in [7, 11) is -2.13. The Balaban J connectivity index is 2.36. The molecule has 0 aliphatic rings. The minimum atomic E-state index is -3.70. The molecule has 2 rings (SSSR count). The highest BCUT2D eigenvalue weighted by molar-refractivity contribution is 7.92. The molecule has 0 radical (unpaired) electrons. The van der Waals surface area contributed by atoms with E-state index in [1.54, 1.807) is 43.5 Å². The van der Waals surface area contributed by atoms with Crippen LogP contribution in [0.5, 0.6) is 11.5 Å². The minimum Gasteiger partial charge on any atom is -0.496 e. The molecule has 0 saturated heterocycles. The monoisotopic (exact) mass is 335 g/mol. The molecule has 0 atom stereocenters. The van der Waals surface area contributed by atoms with E-state index in [-0.39, 0.29) is 4.90 Å². The number of rotatable bonds is 7. The van der Waals surface area contributed by atoms with E-state index in [0.29, 0.717) is 30.2 Å². The van der Waals surface area contributed by atoms with Crippen molar-refractivity contribution < 1.29 is 17.9 Å². The molecule has 5 nitrogen and oxygen atoms in total. The van der Waals surface area contributed by atoms with Crippen LogP contribution in [0.25, 0.3) is 0 Å². The molecule has 2 aromatic rings. The number of anilines is 1. The van der Waals surface area contributed by atoms with Crippen LogP contribution in [0, 0.1) is 0 Å². The number of ether oxygens (including phenoxy) is 2. The smallest absolute Gasteiger partial charge is 0.262 e. The van der Waals surface area contributed by atoms with Crippen LogP contribution in [0.1, 0.15) is 19.4 Å². The van der Waals surface area contributed by atoms with Crippen LogP contribution in [0.2, 0.25) is 0 Å². The summed E-state index contributed by atoms with van der Waals surface area (Å²) in [6.45, 7) is 4.26. The number of nitrogens with one attached hydrogen (secondary N) is 1. The fraction of sp³-hybridized carbons (Fsp3) is 0.294. The fourth-order valence-electron chi connectivity index (χ4n) is 2.23. The van der Waals surface area contributed by atoms with Crippen LogP contribution in [-0.4, -0.2) is 22.1 Å². The SMILES string of the molecule is CCOc1ccccc1NS(=O)(=O)c1ccc(OC)c(CC)c1. The second-order valence-corrected chi connectivity index (χ2v) is 6.54. The number of sulfonamides is 1. The predicted molar refractivity (Wildman–Crippen MR) is 90.8 cm³/mol. The highest BCUT2D eigenvalue weighted by Crippen LogP contribution is 2.28. The third kappa shape index (κ3) is 3.96. The molecule has 0 aromatic heterocycles. The maximum atomic E-state index is 12.6. The molecule has 0 unspecified atom stereocenters. The Bertz CT molecular complexity index is 772. The van der Waals surface area contributed by atoms with Crippen molar-refractivity contribution in [2.24, 2.45) is 0 Å². The highest BCUT2D eigenvalue weighted by Gasteiger charge is 2.18. The topological polar surface area (TPSA) is 64.6 Å². The van der Waals surface area contributed by atoms with Gasteiger partial charge in [0.15, 0.2) is 0 Å². The Labute approximate surface area is 137 Å². The van der Waals surface area contributed by atoms with Crippen molar-refractivity contribution >= 4 is 15.7 Å². The van der Waals surface area contributed by atoms with Gasteiger partial charge >= 0.3 is 0 Å². The molecule has 23 heavy (non-hydrogen) atoms. The Morgan fingerprint density at radius 3 is 2.43 bits per heavy atom. The molecule has 1 N–H and O–H groups in total. The number of methoxy groups -OCH3 is 1. The standard InChI is InChI=1S/C17H21NO4S/c1-4-13-12-14(10-11-16(13)21-3)23(19,20)18-15-8-6-7-9-17(15)22-5-2/h6-12,18H,4-5H2,1-3H3. The molecule has 0 spiro atoms. The van der Waals surface area contributed by atoms with Crippen molar-refractivity contribution in [3.63, 3.8) is 0 Å². The van der Waals surface area contributed by atoms with E-state index in [9.17, 15) is 8.42 Å². The summed E-state index contributed by atoms with van der Waals surface area (Å²) in [6.07, 6.45) is 0.683. The van der Waals surface area contributed by atoms with Crippen molar-refractivity contribution in [3.05, 3.63) is 48.0 Å². The number of benzene rings is 2. The van der Waals surface area contributed by atoms with Crippen molar-refractivity contribution in [1.82, 2.24) is 0 Å². The van der Waals surface area contributed by atoms with Gasteiger partial charge in [-0.2, -0.15) is 0 Å². The summed E-state index contributed by atoms with van der Waals surface area (Å²) in [5.41, 5.74) is 1.26. The van der Waals surface area contributed by atoms with Crippen LogP contribution in [0.3, 0.4) is 0 Å². The molecule has 0 saturated carbocycles. The van der Waals surface area contributed by atoms with Crippen molar-refractivity contribution in [3.8, 4) is 11.5 Å². The van der Waals surface area contributed by atoms with E-state index in [0.717, 1.165) is 5.56 Å². The highest BCUT2D eigenvalue weighted by atomic mass is 32.2. The number of hydrogen-bond donors (Lipinski definition) is 1. The summed E-state index contributed by atoms with van der Waals surface area (Å²) in [5.74, 6) is 1.18. The van der Waals surface area contributed by atoms with Crippen LogP contribution < -0.4 is 14.2 Å². The van der Waals surface area contributed by atoms with E-state index in [2.05, 4.69) is 4.72 Å². The molecule has 0 aliphatic carbocycles. The maximum Gasteiger partial charge on any atom is 0.262 e. The van der Waals surface area contributed by atoms with E-state index >= 15 is 0 Å². The summed E-state index contributed by atoms with van der Waals surface area (Å²) >= 11 is 0. The summed E-state index contributed by atoms with van der Waals surface area (Å²) in [4.78, 5) is 0.196. The molecular weight excluding hydrogens is 314 g/mol. The average molecular weight is 335 g/mol. The van der Waals surface area contributed by atoms with Gasteiger partial charge < -0.3 is 9.47 Å². The van der Waals surface area contributed by atoms with Crippen LogP contribution in [0.4, 0.5) is 5.69 Å². The van der Waals surface area contributed by atoms with E-state index in [1.165, 1.54) is 6.07 Å². The molecular formula is C17H21NO4S. The Kier molecular flexibility index (Phi) is 5.50. The zero-order valence-corrected chi connectivity index (χ0v) is 14.3. The fourth-order valence-corrected chi connectivity index (χ4v) is 3.36. The van der Waals surface area contributed by atoms with E-state index in [4.69, 9.17) is 9.47 Å². The van der Waals surface area contributed by atoms with Gasteiger partial charge in [-0.15, -0.1) is 0 Å². The molecule has 124 valence electrons. The van der Waals surface area contributed by atoms with Gasteiger partial charge in [0.2, 0.25) is 0 Å². The minimum absolute atomic E-state index is 0.196. The predicted octanol–water partition coefficient (Wildman–Crippen LogP) is 3.46. The number of aryl methyl sites for hydroxylation is 1. The molecule has 6 heteroatoms. The third-order valence-corrected chi connectivity index (χ3v) is 4.74. The maximum absolute atomic E-state index is 12.6. The van der Waals surface area contributed by atoms with Gasteiger partial charge in [0.05, 0.1) is 24.3 Å². The lowest BCUT2D eigenvalue weighted by Gasteiger charge is -2.14. The Hall–Kier alpha value is -2.21. The summed E-state index contributed by atoms with van der Waals surface area (Å²) in [5, 5.41) is 0. The number of para-hydroxylation sites is 2. The third-order valence-electron chi connectivity index (χ3n) is 3.37. The molecule has 0 heterocycles. The van der Waals surface area contributed by atoms with Gasteiger partial charge in [0.25, 0.3) is 10.0 Å². The molecule has 0 bridgehead atoms. The quantitative estimate of drug-likeness (QED) is 0.841. The van der Waals surface area contributed by atoms with Gasteiger partial charge in [-0.3, -0.25) is 4.72 Å². The van der Waals surface area contributed by atoms with Crippen molar-refractivity contribution in [1.29, 1.82) is 0 Å². The average Bonchev–Trinajstić information content (AvgIpc) is 2.56. The summed E-state index contributed by atoms with van der Waals surface area (Å²) < 4.78 is 38.5. The zero-order valence-electron chi connectivity index (χ0n) is 13.5. The van der Waals surface area contributed by atoms with Crippen LogP contribution in [0.15, 0.2) is 47.4 Å². The second-order valence-electron chi connectivity index (χ2n) is 4.86. The van der Waals surface area contributed by atoms with Gasteiger partial charge in [-0.1, -0.05) is 19.1 Å². The lowest BCUT2D eigenvalue weighted by atomic mass is 10.1. The summed E-state index contributed by atoms with van der Waals surface area (Å²) in [6, 6.07) is 11.8. The molecule has 0 fully saturated rings. The first-order chi connectivity index (χ1) is 11.0. The van der Waals surface area contributed by atoms with Crippen LogP contribution in [-0.2, 0) is 16.4 Å². The zero-order chi connectivity index (χ0) is 16.9. The van der Waals surface area contributed by atoms with Gasteiger partial charge in [-0.05, 0) is 49.2 Å². The second kappa shape index (κ2) is 7.37. The van der Waals surface area contributed by atoms with Crippen molar-refractivity contribution in [2.75, 3.05) is 18.4 Å². The van der Waals surface area contributed by atoms with Crippen molar-refractivity contribution in [2.45, 2.75) is 25.2 Å². The normalized spacial score (nSPS) is 11.1. The lowest BCUT2D eigenvalue weighted by molar-refractivity contribution is 0.342. The number of hydrogen-bond acceptors (Lipinski definition) is 4. The lowest BCUT2D eigenvalue weighted by Crippen LogP contribution is -2.14. The van der Waals surface area contributed by atoms with E-state index < -0.39 is 10.0 Å². The molecule has 0 amide bonds. The van der Waals surface area contributed by atoms with Gasteiger partial charge in [0.1, 0.15) is 11.5 Å². The first kappa shape index (κ1) is 17.1. The molecule has 0 aliphatic heterocycles. The molecule has 2 aromatic carbocycles. The van der Waals surface area contributed by atoms with E-state index in [1.807, 2.05) is 13.8 Å². The first-order valence-corrected chi connectivity index (χ1v) is 8.91.